The van der Waals surface area contributed by atoms with Crippen molar-refractivity contribution in [2.45, 2.75) is 25.4 Å². The Morgan fingerprint density at radius 1 is 1.04 bits per heavy atom. The summed E-state index contributed by atoms with van der Waals surface area (Å²) in [4.78, 5) is 11.9. The second kappa shape index (κ2) is 9.06. The molecule has 5 heteroatoms. The number of aliphatic hydroxyl groups excluding tert-OH is 1. The lowest BCUT2D eigenvalue weighted by molar-refractivity contribution is -0.111. The minimum absolute atomic E-state index is 0.208. The van der Waals surface area contributed by atoms with Gasteiger partial charge in [-0.2, -0.15) is 0 Å². The van der Waals surface area contributed by atoms with E-state index in [0.717, 1.165) is 22.8 Å². The van der Waals surface area contributed by atoms with E-state index in [1.807, 2.05) is 36.4 Å². The largest absolute Gasteiger partial charge is 0.507 e. The zero-order chi connectivity index (χ0) is 19.9. The molecule has 0 bridgehead atoms. The number of anilines is 2. The highest BCUT2D eigenvalue weighted by atomic mass is 16.3. The molecular formula is C23H24N2O3. The van der Waals surface area contributed by atoms with Gasteiger partial charge < -0.3 is 21.3 Å². The SMILES string of the molecule is Nc1ccccc1NC(=O)/C=C/CCC[C@@H](O)c1ccc(O)c2ccccc12. The van der Waals surface area contributed by atoms with E-state index >= 15 is 0 Å². The molecule has 0 saturated heterocycles. The number of nitrogens with two attached hydrogens (primary N) is 1. The van der Waals surface area contributed by atoms with Crippen LogP contribution in [0.1, 0.15) is 30.9 Å². The van der Waals surface area contributed by atoms with Crippen molar-refractivity contribution in [3.63, 3.8) is 0 Å². The molecule has 1 atom stereocenters. The van der Waals surface area contributed by atoms with E-state index in [2.05, 4.69) is 5.32 Å². The summed E-state index contributed by atoms with van der Waals surface area (Å²) in [5.41, 5.74) is 7.71. The number of unbranched alkanes of at least 4 members (excludes halogenated alkanes) is 1. The van der Waals surface area contributed by atoms with Crippen molar-refractivity contribution in [2.75, 3.05) is 11.1 Å². The number of phenolic OH excluding ortho intramolecular Hbond substituents is 1. The predicted molar refractivity (Wildman–Crippen MR) is 113 cm³/mol. The fourth-order valence-electron chi connectivity index (χ4n) is 3.16. The fourth-order valence-corrected chi connectivity index (χ4v) is 3.16. The summed E-state index contributed by atoms with van der Waals surface area (Å²) in [6.45, 7) is 0. The molecule has 1 amide bonds. The predicted octanol–water partition coefficient (Wildman–Crippen LogP) is 4.53. The quantitative estimate of drug-likeness (QED) is 0.277. The smallest absolute Gasteiger partial charge is 0.248 e. The third kappa shape index (κ3) is 4.69. The van der Waals surface area contributed by atoms with E-state index in [1.54, 1.807) is 30.3 Å². The first-order valence-electron chi connectivity index (χ1n) is 9.27. The first-order chi connectivity index (χ1) is 13.6. The van der Waals surface area contributed by atoms with Crippen LogP contribution in [0.4, 0.5) is 11.4 Å². The minimum atomic E-state index is -0.628. The van der Waals surface area contributed by atoms with Gasteiger partial charge in [-0.1, -0.05) is 48.5 Å². The summed E-state index contributed by atoms with van der Waals surface area (Å²) >= 11 is 0. The lowest BCUT2D eigenvalue weighted by Gasteiger charge is -2.14. The average molecular weight is 376 g/mol. The topological polar surface area (TPSA) is 95.6 Å². The summed E-state index contributed by atoms with van der Waals surface area (Å²) in [5, 5.41) is 24.8. The van der Waals surface area contributed by atoms with Gasteiger partial charge in [0.2, 0.25) is 5.91 Å². The van der Waals surface area contributed by atoms with Gasteiger partial charge >= 0.3 is 0 Å². The Balaban J connectivity index is 1.51. The van der Waals surface area contributed by atoms with Crippen molar-refractivity contribution in [3.05, 3.63) is 78.4 Å². The number of aromatic hydroxyl groups is 1. The number of fused-ring (bicyclic) bond motifs is 1. The Kier molecular flexibility index (Phi) is 6.29. The maximum Gasteiger partial charge on any atom is 0.248 e. The molecule has 0 fully saturated rings. The monoisotopic (exact) mass is 376 g/mol. The Morgan fingerprint density at radius 3 is 2.54 bits per heavy atom. The van der Waals surface area contributed by atoms with Crippen LogP contribution in [0.2, 0.25) is 0 Å². The highest BCUT2D eigenvalue weighted by Gasteiger charge is 2.12. The van der Waals surface area contributed by atoms with E-state index in [9.17, 15) is 15.0 Å². The number of benzene rings is 3. The van der Waals surface area contributed by atoms with Crippen molar-refractivity contribution >= 4 is 28.1 Å². The number of hydrogen-bond donors (Lipinski definition) is 4. The standard InChI is InChI=1S/C23H24N2O3/c24-19-10-6-7-11-20(19)25-23(28)13-3-1-2-12-21(26)18-14-15-22(27)17-9-5-4-8-16(17)18/h3-11,13-15,21,26-27H,1-2,12,24H2,(H,25,28)/b13-3+/t21-/m1/s1. The molecule has 0 aliphatic carbocycles. The number of rotatable bonds is 7. The molecule has 3 aromatic rings. The van der Waals surface area contributed by atoms with Crippen LogP contribution in [-0.4, -0.2) is 16.1 Å². The summed E-state index contributed by atoms with van der Waals surface area (Å²) in [6, 6.07) is 17.9. The lowest BCUT2D eigenvalue weighted by Crippen LogP contribution is -2.09. The molecule has 0 saturated carbocycles. The van der Waals surface area contributed by atoms with Crippen molar-refractivity contribution < 1.29 is 15.0 Å². The first kappa shape index (κ1) is 19.5. The van der Waals surface area contributed by atoms with Crippen LogP contribution in [0.3, 0.4) is 0 Å². The van der Waals surface area contributed by atoms with E-state index in [4.69, 9.17) is 5.73 Å². The van der Waals surface area contributed by atoms with Crippen LogP contribution in [0.25, 0.3) is 10.8 Å². The lowest BCUT2D eigenvalue weighted by atomic mass is 9.97. The maximum absolute atomic E-state index is 11.9. The molecule has 28 heavy (non-hydrogen) atoms. The molecule has 3 rings (SSSR count). The molecule has 0 heterocycles. The summed E-state index contributed by atoms with van der Waals surface area (Å²) in [6.07, 6.45) is 4.60. The Morgan fingerprint density at radius 2 is 1.75 bits per heavy atom. The summed E-state index contributed by atoms with van der Waals surface area (Å²) in [5.74, 6) is -0.0254. The molecule has 3 aromatic carbocycles. The average Bonchev–Trinajstić information content (AvgIpc) is 2.70. The maximum atomic E-state index is 11.9. The van der Waals surface area contributed by atoms with E-state index in [1.165, 1.54) is 6.08 Å². The molecule has 0 unspecified atom stereocenters. The second-order valence-electron chi connectivity index (χ2n) is 6.65. The number of nitrogens with one attached hydrogen (secondary N) is 1. The van der Waals surface area contributed by atoms with Gasteiger partial charge in [-0.25, -0.2) is 0 Å². The third-order valence-corrected chi connectivity index (χ3v) is 4.63. The number of amides is 1. The van der Waals surface area contributed by atoms with E-state index in [0.29, 0.717) is 24.2 Å². The fraction of sp³-hybridized carbons (Fsp3) is 0.174. The van der Waals surface area contributed by atoms with Crippen molar-refractivity contribution in [3.8, 4) is 5.75 Å². The van der Waals surface area contributed by atoms with Crippen molar-refractivity contribution in [1.82, 2.24) is 0 Å². The van der Waals surface area contributed by atoms with Gasteiger partial charge in [0.15, 0.2) is 0 Å². The number of carbonyl (C=O) groups is 1. The molecule has 0 spiro atoms. The number of carbonyl (C=O) groups excluding carboxylic acids is 1. The molecule has 5 N–H and O–H groups in total. The molecule has 144 valence electrons. The Bertz CT molecular complexity index is 998. The molecule has 5 nitrogen and oxygen atoms in total. The van der Waals surface area contributed by atoms with Crippen molar-refractivity contribution in [1.29, 1.82) is 0 Å². The van der Waals surface area contributed by atoms with Crippen LogP contribution >= 0.6 is 0 Å². The van der Waals surface area contributed by atoms with Crippen LogP contribution < -0.4 is 11.1 Å². The zero-order valence-electron chi connectivity index (χ0n) is 15.5. The minimum Gasteiger partial charge on any atom is -0.507 e. The Hall–Kier alpha value is -3.31. The van der Waals surface area contributed by atoms with Crippen LogP contribution in [-0.2, 0) is 4.79 Å². The normalized spacial score (nSPS) is 12.3. The summed E-state index contributed by atoms with van der Waals surface area (Å²) in [7, 11) is 0. The van der Waals surface area contributed by atoms with Crippen LogP contribution in [0.15, 0.2) is 72.8 Å². The third-order valence-electron chi connectivity index (χ3n) is 4.63. The van der Waals surface area contributed by atoms with Crippen molar-refractivity contribution in [2.24, 2.45) is 0 Å². The zero-order valence-corrected chi connectivity index (χ0v) is 15.5. The number of allylic oxidation sites excluding steroid dienone is 1. The first-order valence-corrected chi connectivity index (χ1v) is 9.27. The molecule has 0 radical (unpaired) electrons. The number of phenols is 1. The van der Waals surface area contributed by atoms with Crippen LogP contribution in [0, 0.1) is 0 Å². The number of para-hydroxylation sites is 2. The van der Waals surface area contributed by atoms with E-state index < -0.39 is 6.10 Å². The Labute approximate surface area is 164 Å². The van der Waals surface area contributed by atoms with Gasteiger partial charge in [0.05, 0.1) is 17.5 Å². The number of hydrogen-bond acceptors (Lipinski definition) is 4. The van der Waals surface area contributed by atoms with Gasteiger partial charge in [-0.3, -0.25) is 4.79 Å². The summed E-state index contributed by atoms with van der Waals surface area (Å²) < 4.78 is 0. The van der Waals surface area contributed by atoms with Crippen LogP contribution in [0.5, 0.6) is 5.75 Å². The molecule has 0 aromatic heterocycles. The van der Waals surface area contributed by atoms with Gasteiger partial charge in [0, 0.05) is 5.39 Å². The molecular weight excluding hydrogens is 352 g/mol. The van der Waals surface area contributed by atoms with Gasteiger partial charge in [0.1, 0.15) is 5.75 Å². The molecule has 0 aliphatic rings. The highest BCUT2D eigenvalue weighted by molar-refractivity contribution is 6.01. The second-order valence-corrected chi connectivity index (χ2v) is 6.65. The molecule has 0 aliphatic heterocycles. The van der Waals surface area contributed by atoms with E-state index in [-0.39, 0.29) is 11.7 Å². The number of nitrogen functional groups attached to an aromatic ring is 1. The van der Waals surface area contributed by atoms with Gasteiger partial charge in [0.25, 0.3) is 0 Å². The van der Waals surface area contributed by atoms with Gasteiger partial charge in [-0.15, -0.1) is 0 Å². The number of aliphatic hydroxyl groups is 1. The highest BCUT2D eigenvalue weighted by Crippen LogP contribution is 2.32. The van der Waals surface area contributed by atoms with Gasteiger partial charge in [-0.05, 0) is 54.5 Å².